The Morgan fingerprint density at radius 3 is 2.27 bits per heavy atom. The van der Waals surface area contributed by atoms with Gasteiger partial charge in [0.05, 0.1) is 11.4 Å². The lowest BCUT2D eigenvalue weighted by atomic mass is 9.94. The summed E-state index contributed by atoms with van der Waals surface area (Å²) in [5.41, 5.74) is 4.46. The molecule has 1 amide bonds. The molecule has 0 aliphatic carbocycles. The fourth-order valence-electron chi connectivity index (χ4n) is 3.44. The van der Waals surface area contributed by atoms with Gasteiger partial charge in [-0.05, 0) is 60.6 Å². The van der Waals surface area contributed by atoms with Gasteiger partial charge in [0.1, 0.15) is 0 Å². The van der Waals surface area contributed by atoms with Crippen LogP contribution >= 0.6 is 0 Å². The Balaban J connectivity index is 2.11. The van der Waals surface area contributed by atoms with E-state index in [1.165, 1.54) is 17.7 Å². The minimum Gasteiger partial charge on any atom is -0.325 e. The smallest absolute Gasteiger partial charge is 0.238 e. The average molecular weight is 432 g/mol. The Hall–Kier alpha value is -2.22. The number of nitrogens with one attached hydrogen (secondary N) is 2. The predicted molar refractivity (Wildman–Crippen MR) is 122 cm³/mol. The van der Waals surface area contributed by atoms with Crippen LogP contribution in [0, 0.1) is 19.8 Å². The van der Waals surface area contributed by atoms with Crippen LogP contribution in [0.25, 0.3) is 0 Å². The van der Waals surface area contributed by atoms with Crippen molar-refractivity contribution in [2.24, 2.45) is 11.1 Å². The zero-order valence-electron chi connectivity index (χ0n) is 18.5. The highest BCUT2D eigenvalue weighted by molar-refractivity contribution is 7.89. The van der Waals surface area contributed by atoms with Crippen LogP contribution in [0.15, 0.2) is 41.3 Å². The maximum Gasteiger partial charge on any atom is 0.238 e. The van der Waals surface area contributed by atoms with E-state index >= 15 is 0 Å². The monoisotopic (exact) mass is 431 g/mol. The van der Waals surface area contributed by atoms with E-state index in [9.17, 15) is 13.2 Å². The molecule has 0 saturated carbocycles. The maximum absolute atomic E-state index is 12.6. The number of primary sulfonamides is 1. The van der Waals surface area contributed by atoms with Gasteiger partial charge in [0, 0.05) is 11.7 Å². The number of anilines is 1. The molecule has 164 valence electrons. The molecule has 1 atom stereocenters. The summed E-state index contributed by atoms with van der Waals surface area (Å²) in [7, 11) is -3.85. The van der Waals surface area contributed by atoms with Gasteiger partial charge in [-0.1, -0.05) is 51.5 Å². The number of amides is 1. The van der Waals surface area contributed by atoms with Gasteiger partial charge in [-0.25, -0.2) is 13.6 Å². The summed E-state index contributed by atoms with van der Waals surface area (Å²) in [6.07, 6.45) is 2.16. The first-order valence-corrected chi connectivity index (χ1v) is 11.8. The molecule has 0 aromatic heterocycles. The molecule has 2 aromatic rings. The van der Waals surface area contributed by atoms with Crippen molar-refractivity contribution in [3.63, 3.8) is 0 Å². The number of carbonyl (C=O) groups is 1. The molecule has 0 radical (unpaired) electrons. The van der Waals surface area contributed by atoms with Gasteiger partial charge < -0.3 is 10.6 Å². The SMILES string of the molecule is CCCc1ccc(C(NCC(=O)Nc2cc(S(N)(=O)=O)cc(C)c2C)C(C)C)cc1. The maximum atomic E-state index is 12.6. The van der Waals surface area contributed by atoms with Crippen molar-refractivity contribution in [2.45, 2.75) is 58.4 Å². The van der Waals surface area contributed by atoms with Gasteiger partial charge in [-0.2, -0.15) is 0 Å². The molecule has 30 heavy (non-hydrogen) atoms. The lowest BCUT2D eigenvalue weighted by molar-refractivity contribution is -0.115. The Morgan fingerprint density at radius 1 is 1.10 bits per heavy atom. The first kappa shape index (κ1) is 24.1. The zero-order chi connectivity index (χ0) is 22.5. The van der Waals surface area contributed by atoms with Crippen molar-refractivity contribution in [3.8, 4) is 0 Å². The molecule has 0 aliphatic rings. The Bertz CT molecular complexity index is 983. The quantitative estimate of drug-likeness (QED) is 0.562. The van der Waals surface area contributed by atoms with Crippen LogP contribution in [0.4, 0.5) is 5.69 Å². The van der Waals surface area contributed by atoms with E-state index < -0.39 is 10.0 Å². The third kappa shape index (κ3) is 6.39. The highest BCUT2D eigenvalue weighted by Crippen LogP contribution is 2.24. The number of nitrogens with two attached hydrogens (primary N) is 1. The number of rotatable bonds is 9. The normalized spacial score (nSPS) is 12.8. The zero-order valence-corrected chi connectivity index (χ0v) is 19.3. The van der Waals surface area contributed by atoms with Crippen LogP contribution in [-0.4, -0.2) is 20.9 Å². The van der Waals surface area contributed by atoms with Gasteiger partial charge in [0.25, 0.3) is 0 Å². The van der Waals surface area contributed by atoms with E-state index in [0.717, 1.165) is 29.5 Å². The number of hydrogen-bond acceptors (Lipinski definition) is 4. The lowest BCUT2D eigenvalue weighted by Gasteiger charge is -2.23. The summed E-state index contributed by atoms with van der Waals surface area (Å²) >= 11 is 0. The van der Waals surface area contributed by atoms with E-state index in [-0.39, 0.29) is 23.4 Å². The van der Waals surface area contributed by atoms with Crippen LogP contribution in [0.2, 0.25) is 0 Å². The largest absolute Gasteiger partial charge is 0.325 e. The molecule has 0 aliphatic heterocycles. The number of benzene rings is 2. The summed E-state index contributed by atoms with van der Waals surface area (Å²) in [5.74, 6) is 0.0573. The fraction of sp³-hybridized carbons (Fsp3) is 0.435. The molecule has 6 nitrogen and oxygen atoms in total. The fourth-order valence-corrected chi connectivity index (χ4v) is 4.06. The second-order valence-corrected chi connectivity index (χ2v) is 9.66. The summed E-state index contributed by atoms with van der Waals surface area (Å²) in [4.78, 5) is 12.6. The molecule has 0 bridgehead atoms. The third-order valence-corrected chi connectivity index (χ3v) is 6.16. The van der Waals surface area contributed by atoms with Crippen molar-refractivity contribution in [3.05, 3.63) is 58.7 Å². The van der Waals surface area contributed by atoms with Gasteiger partial charge in [0.15, 0.2) is 0 Å². The van der Waals surface area contributed by atoms with Crippen molar-refractivity contribution >= 4 is 21.6 Å². The summed E-state index contributed by atoms with van der Waals surface area (Å²) in [6, 6.07) is 11.5. The van der Waals surface area contributed by atoms with Crippen molar-refractivity contribution < 1.29 is 13.2 Å². The van der Waals surface area contributed by atoms with Crippen LogP contribution < -0.4 is 15.8 Å². The highest BCUT2D eigenvalue weighted by atomic mass is 32.2. The molecule has 4 N–H and O–H groups in total. The van der Waals surface area contributed by atoms with Gasteiger partial charge >= 0.3 is 0 Å². The van der Waals surface area contributed by atoms with Crippen molar-refractivity contribution in [2.75, 3.05) is 11.9 Å². The predicted octanol–water partition coefficient (Wildman–Crippen LogP) is 3.83. The summed E-state index contributed by atoms with van der Waals surface area (Å²) in [6.45, 7) is 10.1. The molecule has 0 saturated heterocycles. The molecule has 0 heterocycles. The number of sulfonamides is 1. The Kier molecular flexibility index (Phi) is 8.18. The number of aryl methyl sites for hydroxylation is 2. The molecule has 2 rings (SSSR count). The first-order chi connectivity index (χ1) is 14.0. The lowest BCUT2D eigenvalue weighted by Crippen LogP contribution is -2.33. The Morgan fingerprint density at radius 2 is 1.73 bits per heavy atom. The van der Waals surface area contributed by atoms with E-state index in [2.05, 4.69) is 55.7 Å². The molecule has 7 heteroatoms. The second kappa shape index (κ2) is 10.2. The molecular weight excluding hydrogens is 398 g/mol. The molecule has 0 fully saturated rings. The Labute approximate surface area is 180 Å². The van der Waals surface area contributed by atoms with Crippen LogP contribution in [0.3, 0.4) is 0 Å². The van der Waals surface area contributed by atoms with E-state index in [1.807, 2.05) is 6.92 Å². The molecule has 0 spiro atoms. The topological polar surface area (TPSA) is 101 Å². The van der Waals surface area contributed by atoms with Gasteiger partial charge in [-0.15, -0.1) is 0 Å². The third-order valence-electron chi connectivity index (χ3n) is 5.27. The van der Waals surface area contributed by atoms with Crippen LogP contribution in [0.1, 0.15) is 55.5 Å². The molecule has 1 unspecified atom stereocenters. The number of hydrogen-bond donors (Lipinski definition) is 3. The molecular formula is C23H33N3O3S. The minimum atomic E-state index is -3.85. The van der Waals surface area contributed by atoms with Crippen molar-refractivity contribution in [1.82, 2.24) is 5.32 Å². The van der Waals surface area contributed by atoms with Crippen LogP contribution in [-0.2, 0) is 21.2 Å². The average Bonchev–Trinajstić information content (AvgIpc) is 2.66. The van der Waals surface area contributed by atoms with E-state index in [4.69, 9.17) is 5.14 Å². The minimum absolute atomic E-state index is 0.0129. The van der Waals surface area contributed by atoms with E-state index in [0.29, 0.717) is 11.6 Å². The first-order valence-electron chi connectivity index (χ1n) is 10.3. The highest BCUT2D eigenvalue weighted by Gasteiger charge is 2.18. The van der Waals surface area contributed by atoms with Gasteiger partial charge in [0.2, 0.25) is 15.9 Å². The van der Waals surface area contributed by atoms with Crippen molar-refractivity contribution in [1.29, 1.82) is 0 Å². The molecule has 2 aromatic carbocycles. The van der Waals surface area contributed by atoms with Gasteiger partial charge in [-0.3, -0.25) is 4.79 Å². The van der Waals surface area contributed by atoms with Crippen LogP contribution in [0.5, 0.6) is 0 Å². The second-order valence-electron chi connectivity index (χ2n) is 8.10. The number of carbonyl (C=O) groups excluding carboxylic acids is 1. The standard InChI is InChI=1S/C23H33N3O3S/c1-6-7-18-8-10-19(11-9-18)23(15(2)3)25-14-22(27)26-21-13-20(30(24,28)29)12-16(4)17(21)5/h8-13,15,23,25H,6-7,14H2,1-5H3,(H,26,27)(H2,24,28,29). The summed E-state index contributed by atoms with van der Waals surface area (Å²) < 4.78 is 23.4. The summed E-state index contributed by atoms with van der Waals surface area (Å²) in [5, 5.41) is 11.4. The van der Waals surface area contributed by atoms with E-state index in [1.54, 1.807) is 6.92 Å².